The van der Waals surface area contributed by atoms with Crippen molar-refractivity contribution in [2.75, 3.05) is 13.1 Å². The van der Waals surface area contributed by atoms with E-state index in [-0.39, 0.29) is 18.3 Å². The second-order valence-corrected chi connectivity index (χ2v) is 5.67. The second-order valence-electron chi connectivity index (χ2n) is 5.67. The number of oxime groups is 1. The van der Waals surface area contributed by atoms with Crippen LogP contribution < -0.4 is 11.5 Å². The summed E-state index contributed by atoms with van der Waals surface area (Å²) >= 11 is 0. The smallest absolute Gasteiger partial charge is 0.237 e. The zero-order valence-electron chi connectivity index (χ0n) is 12.7. The van der Waals surface area contributed by atoms with Crippen molar-refractivity contribution in [1.29, 1.82) is 0 Å². The molecule has 1 rings (SSSR count). The van der Waals surface area contributed by atoms with Crippen molar-refractivity contribution < 1.29 is 14.8 Å². The van der Waals surface area contributed by atoms with E-state index in [1.165, 1.54) is 4.90 Å². The van der Waals surface area contributed by atoms with Crippen LogP contribution in [0.5, 0.6) is 0 Å². The van der Waals surface area contributed by atoms with Crippen molar-refractivity contribution in [1.82, 2.24) is 4.90 Å². The topological polar surface area (TPSA) is 122 Å². The molecule has 2 amide bonds. The summed E-state index contributed by atoms with van der Waals surface area (Å²) in [7, 11) is 0. The lowest BCUT2D eigenvalue weighted by Gasteiger charge is -2.38. The minimum atomic E-state index is -0.990. The third-order valence-electron chi connectivity index (χ3n) is 4.13. The fourth-order valence-corrected chi connectivity index (χ4v) is 2.92. The molecule has 0 radical (unpaired) electrons. The maximum Gasteiger partial charge on any atom is 0.237 e. The number of rotatable bonds is 7. The molecule has 7 heteroatoms. The molecule has 1 saturated carbocycles. The van der Waals surface area contributed by atoms with Gasteiger partial charge < -0.3 is 21.6 Å². The van der Waals surface area contributed by atoms with Gasteiger partial charge in [0.2, 0.25) is 11.8 Å². The molecule has 0 saturated heterocycles. The third kappa shape index (κ3) is 4.09. The Labute approximate surface area is 125 Å². The Balaban J connectivity index is 3.02. The van der Waals surface area contributed by atoms with Gasteiger partial charge in [-0.25, -0.2) is 0 Å². The van der Waals surface area contributed by atoms with Crippen LogP contribution in [0.1, 0.15) is 51.9 Å². The third-order valence-corrected chi connectivity index (χ3v) is 4.13. The predicted molar refractivity (Wildman–Crippen MR) is 79.6 cm³/mol. The highest BCUT2D eigenvalue weighted by molar-refractivity contribution is 6.07. The lowest BCUT2D eigenvalue weighted by atomic mass is 9.72. The van der Waals surface area contributed by atoms with Crippen LogP contribution >= 0.6 is 0 Å². The summed E-state index contributed by atoms with van der Waals surface area (Å²) in [6.07, 6.45) is 5.50. The average molecular weight is 298 g/mol. The van der Waals surface area contributed by atoms with E-state index < -0.39 is 11.3 Å². The summed E-state index contributed by atoms with van der Waals surface area (Å²) in [5.41, 5.74) is 10.1. The van der Waals surface area contributed by atoms with E-state index in [1.807, 2.05) is 6.92 Å². The second kappa shape index (κ2) is 7.85. The summed E-state index contributed by atoms with van der Waals surface area (Å²) in [5.74, 6) is -0.854. The van der Waals surface area contributed by atoms with E-state index >= 15 is 0 Å². The Morgan fingerprint density at radius 2 is 1.86 bits per heavy atom. The first-order chi connectivity index (χ1) is 9.97. The molecule has 1 aliphatic carbocycles. The lowest BCUT2D eigenvalue weighted by molar-refractivity contribution is -0.142. The van der Waals surface area contributed by atoms with E-state index in [1.54, 1.807) is 0 Å². The Bertz CT molecular complexity index is 403. The number of amides is 2. The van der Waals surface area contributed by atoms with Crippen LogP contribution in [0.3, 0.4) is 0 Å². The molecule has 7 nitrogen and oxygen atoms in total. The molecule has 120 valence electrons. The summed E-state index contributed by atoms with van der Waals surface area (Å²) in [4.78, 5) is 25.6. The maximum atomic E-state index is 12.9. The number of carbonyl (C=O) groups is 2. The summed E-state index contributed by atoms with van der Waals surface area (Å²) < 4.78 is 0. The standard InChI is InChI=1S/C14H26N4O3/c1-2-3-9-18(10-11(15)19)13(20)14(12(16)17-21)7-5-4-6-8-14/h21H,2-10H2,1H3,(H2,15,19)(H2,16,17). The van der Waals surface area contributed by atoms with Gasteiger partial charge in [-0.2, -0.15) is 0 Å². The molecule has 0 bridgehead atoms. The molecule has 5 N–H and O–H groups in total. The molecular weight excluding hydrogens is 272 g/mol. The molecular formula is C14H26N4O3. The van der Waals surface area contributed by atoms with Crippen molar-refractivity contribution in [2.45, 2.75) is 51.9 Å². The van der Waals surface area contributed by atoms with Crippen molar-refractivity contribution in [3.05, 3.63) is 0 Å². The van der Waals surface area contributed by atoms with Gasteiger partial charge in [-0.3, -0.25) is 9.59 Å². The number of nitrogens with zero attached hydrogens (tertiary/aromatic N) is 2. The first kappa shape index (κ1) is 17.3. The van der Waals surface area contributed by atoms with Gasteiger partial charge in [0.25, 0.3) is 0 Å². The first-order valence-electron chi connectivity index (χ1n) is 7.53. The Morgan fingerprint density at radius 3 is 2.33 bits per heavy atom. The van der Waals surface area contributed by atoms with Gasteiger partial charge in [-0.1, -0.05) is 37.8 Å². The molecule has 1 aliphatic rings. The normalized spacial score (nSPS) is 18.2. The molecule has 0 aromatic carbocycles. The SMILES string of the molecule is CCCCN(CC(N)=O)C(=O)C1(C(N)=NO)CCCCC1. The minimum absolute atomic E-state index is 0.0573. The molecule has 0 unspecified atom stereocenters. The summed E-state index contributed by atoms with van der Waals surface area (Å²) in [6.45, 7) is 2.34. The van der Waals surface area contributed by atoms with Crippen LogP contribution in [-0.2, 0) is 9.59 Å². The number of nitrogens with two attached hydrogens (primary N) is 2. The zero-order chi connectivity index (χ0) is 15.9. The van der Waals surface area contributed by atoms with Crippen molar-refractivity contribution in [3.63, 3.8) is 0 Å². The van der Waals surface area contributed by atoms with Crippen LogP contribution in [0.2, 0.25) is 0 Å². The molecule has 0 aromatic rings. The van der Waals surface area contributed by atoms with Crippen molar-refractivity contribution >= 4 is 17.6 Å². The van der Waals surface area contributed by atoms with Gasteiger partial charge in [0.15, 0.2) is 5.84 Å². The van der Waals surface area contributed by atoms with Crippen LogP contribution in [-0.4, -0.2) is 40.8 Å². The van der Waals surface area contributed by atoms with E-state index in [4.69, 9.17) is 16.7 Å². The average Bonchev–Trinajstić information content (AvgIpc) is 2.50. The molecule has 0 aliphatic heterocycles. The summed E-state index contributed by atoms with van der Waals surface area (Å²) in [6, 6.07) is 0. The molecule has 0 aromatic heterocycles. The largest absolute Gasteiger partial charge is 0.409 e. The number of hydrogen-bond acceptors (Lipinski definition) is 4. The van der Waals surface area contributed by atoms with Gasteiger partial charge in [0.05, 0.1) is 6.54 Å². The quantitative estimate of drug-likeness (QED) is 0.278. The predicted octanol–water partition coefficient (Wildman–Crippen LogP) is 0.797. The Morgan fingerprint density at radius 1 is 1.24 bits per heavy atom. The number of unbranched alkanes of at least 4 members (excludes halogenated alkanes) is 1. The lowest BCUT2D eigenvalue weighted by Crippen LogP contribution is -2.54. The van der Waals surface area contributed by atoms with E-state index in [9.17, 15) is 9.59 Å². The van der Waals surface area contributed by atoms with Crippen LogP contribution in [0.15, 0.2) is 5.16 Å². The summed E-state index contributed by atoms with van der Waals surface area (Å²) in [5, 5.41) is 12.1. The molecule has 1 fully saturated rings. The van der Waals surface area contributed by atoms with E-state index in [0.29, 0.717) is 19.4 Å². The highest BCUT2D eigenvalue weighted by atomic mass is 16.4. The first-order valence-corrected chi connectivity index (χ1v) is 7.53. The van der Waals surface area contributed by atoms with Crippen molar-refractivity contribution in [2.24, 2.45) is 22.0 Å². The number of primary amides is 1. The number of amidine groups is 1. The van der Waals surface area contributed by atoms with Crippen LogP contribution in [0, 0.1) is 5.41 Å². The number of hydrogen-bond donors (Lipinski definition) is 3. The van der Waals surface area contributed by atoms with Crippen LogP contribution in [0.4, 0.5) is 0 Å². The molecule has 21 heavy (non-hydrogen) atoms. The highest BCUT2D eigenvalue weighted by Crippen LogP contribution is 2.38. The van der Waals surface area contributed by atoms with E-state index in [2.05, 4.69) is 5.16 Å². The van der Waals surface area contributed by atoms with Gasteiger partial charge in [-0.15, -0.1) is 0 Å². The zero-order valence-corrected chi connectivity index (χ0v) is 12.7. The Hall–Kier alpha value is -1.79. The molecule has 0 heterocycles. The van der Waals surface area contributed by atoms with Gasteiger partial charge in [0, 0.05) is 6.54 Å². The monoisotopic (exact) mass is 298 g/mol. The minimum Gasteiger partial charge on any atom is -0.409 e. The molecule has 0 atom stereocenters. The van der Waals surface area contributed by atoms with E-state index in [0.717, 1.165) is 32.1 Å². The fraction of sp³-hybridized carbons (Fsp3) is 0.786. The van der Waals surface area contributed by atoms with Gasteiger partial charge >= 0.3 is 0 Å². The number of carbonyl (C=O) groups excluding carboxylic acids is 2. The van der Waals surface area contributed by atoms with Crippen LogP contribution in [0.25, 0.3) is 0 Å². The molecule has 0 spiro atoms. The van der Waals surface area contributed by atoms with Crippen molar-refractivity contribution in [3.8, 4) is 0 Å². The fourth-order valence-electron chi connectivity index (χ4n) is 2.92. The maximum absolute atomic E-state index is 12.9. The highest BCUT2D eigenvalue weighted by Gasteiger charge is 2.46. The van der Waals surface area contributed by atoms with Gasteiger partial charge in [-0.05, 0) is 19.3 Å². The van der Waals surface area contributed by atoms with Gasteiger partial charge in [0.1, 0.15) is 5.41 Å². The Kier molecular flexibility index (Phi) is 6.45.